The molecule has 3 heterocycles. The summed E-state index contributed by atoms with van der Waals surface area (Å²) in [6.45, 7) is 6.55. The molecule has 2 aliphatic heterocycles. The first-order valence-corrected chi connectivity index (χ1v) is 11.0. The molecular formula is C22H30F2N4O2. The Morgan fingerprint density at radius 2 is 1.87 bits per heavy atom. The number of aromatic nitrogens is 1. The van der Waals surface area contributed by atoms with E-state index in [1.807, 2.05) is 4.90 Å². The van der Waals surface area contributed by atoms with Crippen molar-refractivity contribution in [1.29, 1.82) is 0 Å². The molecule has 1 amide bonds. The second-order valence-corrected chi connectivity index (χ2v) is 8.59. The highest BCUT2D eigenvalue weighted by Gasteiger charge is 2.32. The van der Waals surface area contributed by atoms with Gasteiger partial charge in [-0.25, -0.2) is 8.78 Å². The van der Waals surface area contributed by atoms with Crippen molar-refractivity contribution in [3.63, 3.8) is 0 Å². The zero-order chi connectivity index (χ0) is 21.3. The first-order chi connectivity index (χ1) is 14.4. The number of hydrogen-bond donors (Lipinski definition) is 1. The third kappa shape index (κ3) is 4.29. The zero-order valence-corrected chi connectivity index (χ0v) is 17.7. The number of benzene rings is 1. The van der Waals surface area contributed by atoms with Crippen LogP contribution in [0.3, 0.4) is 0 Å². The lowest BCUT2D eigenvalue weighted by Crippen LogP contribution is -2.52. The summed E-state index contributed by atoms with van der Waals surface area (Å²) in [6.07, 6.45) is 6.22. The fourth-order valence-electron chi connectivity index (χ4n) is 4.81. The number of carbonyl (C=O) groups excluding carboxylic acids is 1. The third-order valence-electron chi connectivity index (χ3n) is 6.52. The summed E-state index contributed by atoms with van der Waals surface area (Å²) in [4.78, 5) is 21.5. The van der Waals surface area contributed by atoms with Crippen LogP contribution in [0.4, 0.5) is 14.8 Å². The number of fused-ring (bicyclic) bond motifs is 1. The third-order valence-corrected chi connectivity index (χ3v) is 6.52. The fraction of sp³-hybridized carbons (Fsp3) is 0.636. The summed E-state index contributed by atoms with van der Waals surface area (Å²) < 4.78 is 32.7. The highest BCUT2D eigenvalue weighted by molar-refractivity contribution is 5.85. The molecule has 2 aliphatic rings. The number of piperidine rings is 2. The number of oxazole rings is 1. The van der Waals surface area contributed by atoms with Gasteiger partial charge in [0, 0.05) is 43.9 Å². The van der Waals surface area contributed by atoms with Crippen molar-refractivity contribution in [3.8, 4) is 0 Å². The van der Waals surface area contributed by atoms with Gasteiger partial charge in [0.25, 0.3) is 6.01 Å². The number of nitrogens with one attached hydrogen (secondary N) is 1. The maximum absolute atomic E-state index is 13.5. The molecule has 0 unspecified atom stereocenters. The Kier molecular flexibility index (Phi) is 6.22. The number of hydrogen-bond acceptors (Lipinski definition) is 5. The Balaban J connectivity index is 1.42. The minimum Gasteiger partial charge on any atom is -0.423 e. The monoisotopic (exact) mass is 420 g/mol. The molecule has 1 aromatic carbocycles. The SMILES string of the molecule is C[C@@H]1CCC[C@H](C)N1CCNC(=O)[C@@H]1CCCCN1c1nc2cc(F)c(F)cc2o1. The lowest BCUT2D eigenvalue weighted by Gasteiger charge is -2.39. The van der Waals surface area contributed by atoms with E-state index in [9.17, 15) is 13.6 Å². The maximum atomic E-state index is 13.5. The maximum Gasteiger partial charge on any atom is 0.299 e. The molecule has 2 fully saturated rings. The van der Waals surface area contributed by atoms with Crippen molar-refractivity contribution in [2.24, 2.45) is 0 Å². The molecule has 0 saturated carbocycles. The van der Waals surface area contributed by atoms with Gasteiger partial charge < -0.3 is 14.6 Å². The van der Waals surface area contributed by atoms with Crippen molar-refractivity contribution >= 4 is 23.0 Å². The van der Waals surface area contributed by atoms with Crippen LogP contribution in [0, 0.1) is 11.6 Å². The number of nitrogens with zero attached hydrogens (tertiary/aromatic N) is 3. The van der Waals surface area contributed by atoms with Crippen molar-refractivity contribution in [2.45, 2.75) is 70.5 Å². The van der Waals surface area contributed by atoms with Crippen molar-refractivity contribution in [1.82, 2.24) is 15.2 Å². The van der Waals surface area contributed by atoms with Gasteiger partial charge in [-0.15, -0.1) is 0 Å². The summed E-state index contributed by atoms with van der Waals surface area (Å²) in [6, 6.07) is 2.96. The van der Waals surface area contributed by atoms with E-state index in [-0.39, 0.29) is 23.0 Å². The normalized spacial score (nSPS) is 25.6. The minimum absolute atomic E-state index is 0.0494. The number of likely N-dealkylation sites (tertiary alicyclic amines) is 1. The number of carbonyl (C=O) groups is 1. The van der Waals surface area contributed by atoms with Crippen LogP contribution >= 0.6 is 0 Å². The molecule has 2 saturated heterocycles. The van der Waals surface area contributed by atoms with Gasteiger partial charge in [-0.1, -0.05) is 6.42 Å². The second-order valence-electron chi connectivity index (χ2n) is 8.59. The Morgan fingerprint density at radius 1 is 1.13 bits per heavy atom. The van der Waals surface area contributed by atoms with Crippen LogP contribution in [0.2, 0.25) is 0 Å². The molecule has 0 spiro atoms. The summed E-state index contributed by atoms with van der Waals surface area (Å²) >= 11 is 0. The predicted octanol–water partition coefficient (Wildman–Crippen LogP) is 3.84. The van der Waals surface area contributed by atoms with Crippen molar-refractivity contribution in [3.05, 3.63) is 23.8 Å². The van der Waals surface area contributed by atoms with E-state index >= 15 is 0 Å². The number of halogens is 2. The second kappa shape index (κ2) is 8.88. The fourth-order valence-corrected chi connectivity index (χ4v) is 4.81. The molecule has 0 bridgehead atoms. The smallest absolute Gasteiger partial charge is 0.299 e. The van der Waals surface area contributed by atoms with Crippen LogP contribution in [0.5, 0.6) is 0 Å². The molecule has 1 N–H and O–H groups in total. The molecule has 0 aliphatic carbocycles. The van der Waals surface area contributed by atoms with Crippen LogP contribution in [-0.4, -0.2) is 53.6 Å². The van der Waals surface area contributed by atoms with Gasteiger partial charge in [0.05, 0.1) is 0 Å². The van der Waals surface area contributed by atoms with Gasteiger partial charge in [0.15, 0.2) is 17.2 Å². The highest BCUT2D eigenvalue weighted by atomic mass is 19.2. The number of rotatable bonds is 5. The van der Waals surface area contributed by atoms with E-state index in [2.05, 4.69) is 29.0 Å². The van der Waals surface area contributed by atoms with Crippen molar-refractivity contribution in [2.75, 3.05) is 24.5 Å². The van der Waals surface area contributed by atoms with Gasteiger partial charge in [0.2, 0.25) is 5.91 Å². The Hall–Kier alpha value is -2.22. The summed E-state index contributed by atoms with van der Waals surface area (Å²) in [5.41, 5.74) is 0.434. The molecule has 6 nitrogen and oxygen atoms in total. The van der Waals surface area contributed by atoms with Gasteiger partial charge in [0.1, 0.15) is 11.6 Å². The lowest BCUT2D eigenvalue weighted by molar-refractivity contribution is -0.123. The van der Waals surface area contributed by atoms with Crippen LogP contribution < -0.4 is 10.2 Å². The topological polar surface area (TPSA) is 61.6 Å². The molecule has 30 heavy (non-hydrogen) atoms. The van der Waals surface area contributed by atoms with Gasteiger partial charge >= 0.3 is 0 Å². The molecule has 2 aromatic rings. The summed E-state index contributed by atoms with van der Waals surface area (Å²) in [7, 11) is 0. The molecule has 4 rings (SSSR count). The Morgan fingerprint density at radius 3 is 2.63 bits per heavy atom. The van der Waals surface area contributed by atoms with E-state index in [0.717, 1.165) is 31.5 Å². The molecule has 3 atom stereocenters. The van der Waals surface area contributed by atoms with Crippen LogP contribution in [0.25, 0.3) is 11.1 Å². The largest absolute Gasteiger partial charge is 0.423 e. The quantitative estimate of drug-likeness (QED) is 0.796. The standard InChI is InChI=1S/C22H30F2N4O2/c1-14-6-5-7-15(2)27(14)11-9-25-21(29)19-8-3-4-10-28(19)22-26-18-12-16(23)17(24)13-20(18)30-22/h12-15,19H,3-11H2,1-2H3,(H,25,29)/t14-,15+,19-/m0/s1. The van der Waals surface area contributed by atoms with E-state index in [4.69, 9.17) is 4.42 Å². The zero-order valence-electron chi connectivity index (χ0n) is 17.7. The average Bonchev–Trinajstić information content (AvgIpc) is 3.13. The number of amides is 1. The average molecular weight is 421 g/mol. The summed E-state index contributed by atoms with van der Waals surface area (Å²) in [5, 5.41) is 3.08. The van der Waals surface area contributed by atoms with E-state index in [1.54, 1.807) is 0 Å². The van der Waals surface area contributed by atoms with Gasteiger partial charge in [-0.05, 0) is 46.0 Å². The number of anilines is 1. The van der Waals surface area contributed by atoms with Gasteiger partial charge in [-0.3, -0.25) is 9.69 Å². The van der Waals surface area contributed by atoms with E-state index in [1.165, 1.54) is 19.3 Å². The minimum atomic E-state index is -0.973. The first kappa shape index (κ1) is 21.0. The van der Waals surface area contributed by atoms with Crippen LogP contribution in [-0.2, 0) is 4.79 Å². The van der Waals surface area contributed by atoms with E-state index in [0.29, 0.717) is 31.6 Å². The van der Waals surface area contributed by atoms with Crippen molar-refractivity contribution < 1.29 is 18.0 Å². The van der Waals surface area contributed by atoms with E-state index < -0.39 is 17.7 Å². The molecule has 164 valence electrons. The predicted molar refractivity (Wildman–Crippen MR) is 111 cm³/mol. The molecule has 8 heteroatoms. The first-order valence-electron chi connectivity index (χ1n) is 11.0. The molecular weight excluding hydrogens is 390 g/mol. The van der Waals surface area contributed by atoms with Crippen LogP contribution in [0.15, 0.2) is 16.5 Å². The van der Waals surface area contributed by atoms with Gasteiger partial charge in [-0.2, -0.15) is 4.98 Å². The Labute approximate surface area is 175 Å². The molecule has 0 radical (unpaired) electrons. The lowest BCUT2D eigenvalue weighted by atomic mass is 9.97. The Bertz CT molecular complexity index is 854. The molecule has 1 aromatic heterocycles. The highest BCUT2D eigenvalue weighted by Crippen LogP contribution is 2.29. The summed E-state index contributed by atoms with van der Waals surface area (Å²) in [5.74, 6) is -1.98. The van der Waals surface area contributed by atoms with Crippen LogP contribution in [0.1, 0.15) is 52.4 Å².